The Balaban J connectivity index is 1.95. The molecule has 1 amide bonds. The van der Waals surface area contributed by atoms with Gasteiger partial charge in [0.15, 0.2) is 5.16 Å². The highest BCUT2D eigenvalue weighted by atomic mass is 32.2. The van der Waals surface area contributed by atoms with E-state index in [1.54, 1.807) is 6.92 Å². The molecule has 0 saturated carbocycles. The molecular weight excluding hydrogens is 334 g/mol. The van der Waals surface area contributed by atoms with Gasteiger partial charge >= 0.3 is 0 Å². The molecule has 1 atom stereocenters. The van der Waals surface area contributed by atoms with Crippen molar-refractivity contribution in [2.75, 3.05) is 6.26 Å². The maximum absolute atomic E-state index is 12.2. The van der Waals surface area contributed by atoms with Gasteiger partial charge in [-0.25, -0.2) is 4.98 Å². The highest BCUT2D eigenvalue weighted by Gasteiger charge is 2.13. The van der Waals surface area contributed by atoms with Gasteiger partial charge in [0.25, 0.3) is 5.56 Å². The van der Waals surface area contributed by atoms with Crippen molar-refractivity contribution in [1.29, 1.82) is 0 Å². The molecule has 2 N–H and O–H groups in total. The number of thioether (sulfide) groups is 1. The lowest BCUT2D eigenvalue weighted by Crippen LogP contribution is -2.28. The largest absolute Gasteiger partial charge is 0.350 e. The molecule has 6 heteroatoms. The highest BCUT2D eigenvalue weighted by Crippen LogP contribution is 2.14. The SMILES string of the molecule is CCc1ccc(C(C)NC(=O)CCc2c(C)nc(SC)[nH]c2=O)cc1. The van der Waals surface area contributed by atoms with E-state index in [0.717, 1.165) is 12.0 Å². The van der Waals surface area contributed by atoms with E-state index < -0.39 is 0 Å². The summed E-state index contributed by atoms with van der Waals surface area (Å²) >= 11 is 1.39. The molecule has 0 spiro atoms. The zero-order valence-corrected chi connectivity index (χ0v) is 16.0. The minimum absolute atomic E-state index is 0.0604. The lowest BCUT2D eigenvalue weighted by atomic mass is 10.0. The van der Waals surface area contributed by atoms with Crippen LogP contribution in [0.3, 0.4) is 0 Å². The Morgan fingerprint density at radius 1 is 1.32 bits per heavy atom. The number of benzene rings is 1. The second kappa shape index (κ2) is 8.85. The number of nitrogens with one attached hydrogen (secondary N) is 2. The van der Waals surface area contributed by atoms with Gasteiger partial charge < -0.3 is 10.3 Å². The van der Waals surface area contributed by atoms with Gasteiger partial charge in [0, 0.05) is 17.7 Å². The normalized spacial score (nSPS) is 12.0. The van der Waals surface area contributed by atoms with Gasteiger partial charge in [-0.2, -0.15) is 0 Å². The van der Waals surface area contributed by atoms with E-state index in [0.29, 0.717) is 22.8 Å². The number of rotatable bonds is 7. The third kappa shape index (κ3) is 5.19. The van der Waals surface area contributed by atoms with Crippen LogP contribution in [-0.4, -0.2) is 22.1 Å². The topological polar surface area (TPSA) is 74.8 Å². The lowest BCUT2D eigenvalue weighted by molar-refractivity contribution is -0.121. The predicted octanol–water partition coefficient (Wildman–Crippen LogP) is 3.17. The molecule has 1 aromatic carbocycles. The van der Waals surface area contributed by atoms with Gasteiger partial charge in [-0.1, -0.05) is 43.0 Å². The number of aryl methyl sites for hydroxylation is 2. The Morgan fingerprint density at radius 2 is 2.00 bits per heavy atom. The minimum Gasteiger partial charge on any atom is -0.350 e. The van der Waals surface area contributed by atoms with Crippen molar-refractivity contribution in [2.24, 2.45) is 0 Å². The van der Waals surface area contributed by atoms with Gasteiger partial charge in [0.2, 0.25) is 5.91 Å². The van der Waals surface area contributed by atoms with Crippen LogP contribution in [0.5, 0.6) is 0 Å². The first kappa shape index (κ1) is 19.2. The Morgan fingerprint density at radius 3 is 2.56 bits per heavy atom. The molecule has 0 radical (unpaired) electrons. The monoisotopic (exact) mass is 359 g/mol. The van der Waals surface area contributed by atoms with Gasteiger partial charge in [0.05, 0.1) is 6.04 Å². The molecule has 2 aromatic rings. The second-order valence-corrected chi connectivity index (χ2v) is 6.82. The summed E-state index contributed by atoms with van der Waals surface area (Å²) in [5.41, 5.74) is 3.45. The van der Waals surface area contributed by atoms with Gasteiger partial charge in [0.1, 0.15) is 0 Å². The molecule has 5 nitrogen and oxygen atoms in total. The third-order valence-electron chi connectivity index (χ3n) is 4.26. The standard InChI is InChI=1S/C19H25N3O2S/c1-5-14-6-8-15(9-7-14)12(2)20-17(23)11-10-16-13(3)21-19(25-4)22-18(16)24/h6-9,12H,5,10-11H2,1-4H3,(H,20,23)(H,21,22,24). The number of nitrogens with zero attached hydrogens (tertiary/aromatic N) is 1. The first-order valence-corrected chi connectivity index (χ1v) is 9.69. The molecule has 134 valence electrons. The van der Waals surface area contributed by atoms with E-state index in [4.69, 9.17) is 0 Å². The van der Waals surface area contributed by atoms with Crippen molar-refractivity contribution < 1.29 is 4.79 Å². The number of amides is 1. The van der Waals surface area contributed by atoms with Crippen LogP contribution in [0.1, 0.15) is 48.7 Å². The van der Waals surface area contributed by atoms with Crippen LogP contribution in [0.2, 0.25) is 0 Å². The summed E-state index contributed by atoms with van der Waals surface area (Å²) in [6.45, 7) is 5.89. The number of H-pyrrole nitrogens is 1. The van der Waals surface area contributed by atoms with Crippen LogP contribution in [0.4, 0.5) is 0 Å². The summed E-state index contributed by atoms with van der Waals surface area (Å²) in [7, 11) is 0. The Hall–Kier alpha value is -2.08. The molecule has 1 aromatic heterocycles. The Labute approximate surface area is 152 Å². The summed E-state index contributed by atoms with van der Waals surface area (Å²) in [5, 5.41) is 3.59. The van der Waals surface area contributed by atoms with Gasteiger partial charge in [-0.3, -0.25) is 9.59 Å². The van der Waals surface area contributed by atoms with Crippen molar-refractivity contribution in [1.82, 2.24) is 15.3 Å². The first-order valence-electron chi connectivity index (χ1n) is 8.46. The first-order chi connectivity index (χ1) is 11.9. The van der Waals surface area contributed by atoms with E-state index in [1.807, 2.05) is 25.3 Å². The zero-order valence-electron chi connectivity index (χ0n) is 15.2. The second-order valence-electron chi connectivity index (χ2n) is 6.02. The smallest absolute Gasteiger partial charge is 0.254 e. The number of hydrogen-bond donors (Lipinski definition) is 2. The summed E-state index contributed by atoms with van der Waals surface area (Å²) < 4.78 is 0. The van der Waals surface area contributed by atoms with Crippen LogP contribution in [-0.2, 0) is 17.6 Å². The zero-order chi connectivity index (χ0) is 18.4. The Kier molecular flexibility index (Phi) is 6.82. The minimum atomic E-state index is -0.159. The van der Waals surface area contributed by atoms with Gasteiger partial charge in [-0.15, -0.1) is 0 Å². The molecular formula is C19H25N3O2S. The van der Waals surface area contributed by atoms with Crippen LogP contribution in [0.15, 0.2) is 34.2 Å². The maximum Gasteiger partial charge on any atom is 0.254 e. The third-order valence-corrected chi connectivity index (χ3v) is 4.84. The fourth-order valence-corrected chi connectivity index (χ4v) is 3.08. The molecule has 0 aliphatic carbocycles. The molecule has 2 rings (SSSR count). The average Bonchev–Trinajstić information content (AvgIpc) is 2.60. The molecule has 0 bridgehead atoms. The average molecular weight is 359 g/mol. The van der Waals surface area contributed by atoms with Crippen LogP contribution < -0.4 is 10.9 Å². The van der Waals surface area contributed by atoms with Crippen LogP contribution in [0, 0.1) is 6.92 Å². The summed E-state index contributed by atoms with van der Waals surface area (Å²) in [6, 6.07) is 8.20. The van der Waals surface area contributed by atoms with E-state index in [2.05, 4.69) is 34.3 Å². The fraction of sp³-hybridized carbons (Fsp3) is 0.421. The maximum atomic E-state index is 12.2. The van der Waals surface area contributed by atoms with Crippen molar-refractivity contribution in [3.8, 4) is 0 Å². The fourth-order valence-electron chi connectivity index (χ4n) is 2.65. The predicted molar refractivity (Wildman–Crippen MR) is 102 cm³/mol. The summed E-state index contributed by atoms with van der Waals surface area (Å²) in [4.78, 5) is 31.4. The highest BCUT2D eigenvalue weighted by molar-refractivity contribution is 7.98. The molecule has 1 unspecified atom stereocenters. The van der Waals surface area contributed by atoms with E-state index in [9.17, 15) is 9.59 Å². The molecule has 0 fully saturated rings. The lowest BCUT2D eigenvalue weighted by Gasteiger charge is -2.15. The molecule has 0 saturated heterocycles. The summed E-state index contributed by atoms with van der Waals surface area (Å²) in [5.74, 6) is -0.0696. The van der Waals surface area contributed by atoms with Crippen molar-refractivity contribution in [3.63, 3.8) is 0 Å². The van der Waals surface area contributed by atoms with Crippen LogP contribution in [0.25, 0.3) is 0 Å². The number of aromatic nitrogens is 2. The molecule has 0 aliphatic heterocycles. The van der Waals surface area contributed by atoms with Crippen LogP contribution >= 0.6 is 11.8 Å². The van der Waals surface area contributed by atoms with E-state index >= 15 is 0 Å². The quantitative estimate of drug-likeness (QED) is 0.588. The molecule has 1 heterocycles. The Bertz CT molecular complexity index is 784. The van der Waals surface area contributed by atoms with Gasteiger partial charge in [-0.05, 0) is 44.1 Å². The number of hydrogen-bond acceptors (Lipinski definition) is 4. The van der Waals surface area contributed by atoms with Crippen molar-refractivity contribution >= 4 is 17.7 Å². The van der Waals surface area contributed by atoms with Crippen molar-refractivity contribution in [3.05, 3.63) is 57.0 Å². The molecule has 0 aliphatic rings. The number of carbonyl (C=O) groups excluding carboxylic acids is 1. The summed E-state index contributed by atoms with van der Waals surface area (Å²) in [6.07, 6.45) is 3.51. The number of carbonyl (C=O) groups is 1. The molecule has 25 heavy (non-hydrogen) atoms. The van der Waals surface area contributed by atoms with Crippen molar-refractivity contribution in [2.45, 2.75) is 51.2 Å². The van der Waals surface area contributed by atoms with E-state index in [-0.39, 0.29) is 23.9 Å². The van der Waals surface area contributed by atoms with E-state index in [1.165, 1.54) is 17.3 Å². The number of aromatic amines is 1.